The summed E-state index contributed by atoms with van der Waals surface area (Å²) in [6.07, 6.45) is 13.3. The van der Waals surface area contributed by atoms with Gasteiger partial charge in [0.15, 0.2) is 5.11 Å². The molecule has 0 fully saturated rings. The van der Waals surface area contributed by atoms with Crippen LogP contribution in [0.4, 0.5) is 5.00 Å². The van der Waals surface area contributed by atoms with E-state index >= 15 is 0 Å². The Hall–Kier alpha value is -1.14. The summed E-state index contributed by atoms with van der Waals surface area (Å²) in [4.78, 5) is 13.5. The molecule has 4 nitrogen and oxygen atoms in total. The summed E-state index contributed by atoms with van der Waals surface area (Å²) >= 11 is 7.08. The van der Waals surface area contributed by atoms with E-state index < -0.39 is 0 Å². The SMILES string of the molecule is CCCCCCCCCNC(=S)Nc1sc2c(c1C(=O)OC)CCCC2. The number of hydrogen-bond donors (Lipinski definition) is 2. The van der Waals surface area contributed by atoms with Gasteiger partial charge in [0.2, 0.25) is 0 Å². The lowest BCUT2D eigenvalue weighted by Crippen LogP contribution is -2.29. The fourth-order valence-corrected chi connectivity index (χ4v) is 4.95. The van der Waals surface area contributed by atoms with Crippen molar-refractivity contribution in [3.8, 4) is 0 Å². The summed E-state index contributed by atoms with van der Waals surface area (Å²) in [6.45, 7) is 3.12. The molecular weight excluding hydrogens is 364 g/mol. The number of hydrogen-bond acceptors (Lipinski definition) is 4. The molecule has 6 heteroatoms. The van der Waals surface area contributed by atoms with Crippen molar-refractivity contribution >= 4 is 39.6 Å². The maximum atomic E-state index is 12.2. The molecule has 2 rings (SSSR count). The van der Waals surface area contributed by atoms with Crippen molar-refractivity contribution < 1.29 is 9.53 Å². The van der Waals surface area contributed by atoms with E-state index in [0.717, 1.165) is 42.8 Å². The van der Waals surface area contributed by atoms with E-state index in [-0.39, 0.29) is 5.97 Å². The number of thiophene rings is 1. The number of rotatable bonds is 10. The molecular formula is C20H32N2O2S2. The first kappa shape index (κ1) is 21.2. The van der Waals surface area contributed by atoms with Crippen LogP contribution in [0.2, 0.25) is 0 Å². The molecule has 0 saturated carbocycles. The van der Waals surface area contributed by atoms with Gasteiger partial charge in [0.1, 0.15) is 5.00 Å². The first-order valence-electron chi connectivity index (χ1n) is 9.95. The van der Waals surface area contributed by atoms with E-state index in [9.17, 15) is 4.79 Å². The number of carbonyl (C=O) groups excluding carboxylic acids is 1. The van der Waals surface area contributed by atoms with Gasteiger partial charge in [-0.15, -0.1) is 11.3 Å². The fourth-order valence-electron chi connectivity index (χ4n) is 3.40. The Morgan fingerprint density at radius 3 is 2.54 bits per heavy atom. The van der Waals surface area contributed by atoms with Crippen LogP contribution >= 0.6 is 23.6 Å². The minimum Gasteiger partial charge on any atom is -0.465 e. The van der Waals surface area contributed by atoms with Crippen LogP contribution in [0, 0.1) is 0 Å². The minimum absolute atomic E-state index is 0.262. The number of nitrogens with one attached hydrogen (secondary N) is 2. The molecule has 2 N–H and O–H groups in total. The first-order valence-corrected chi connectivity index (χ1v) is 11.2. The molecule has 26 heavy (non-hydrogen) atoms. The van der Waals surface area contributed by atoms with Gasteiger partial charge in [0.05, 0.1) is 12.7 Å². The third-order valence-corrected chi connectivity index (χ3v) is 6.31. The highest BCUT2D eigenvalue weighted by Crippen LogP contribution is 2.38. The Morgan fingerprint density at radius 2 is 1.81 bits per heavy atom. The number of anilines is 1. The van der Waals surface area contributed by atoms with Gasteiger partial charge in [0, 0.05) is 11.4 Å². The molecule has 0 saturated heterocycles. The fraction of sp³-hybridized carbons (Fsp3) is 0.700. The second-order valence-electron chi connectivity index (χ2n) is 6.91. The molecule has 0 radical (unpaired) electrons. The average Bonchev–Trinajstić information content (AvgIpc) is 3.01. The van der Waals surface area contributed by atoms with Crippen LogP contribution in [-0.2, 0) is 17.6 Å². The molecule has 146 valence electrons. The van der Waals surface area contributed by atoms with Gasteiger partial charge in [-0.1, -0.05) is 45.4 Å². The third kappa shape index (κ3) is 6.23. The first-order chi connectivity index (χ1) is 12.7. The number of unbranched alkanes of at least 4 members (excludes halogenated alkanes) is 6. The van der Waals surface area contributed by atoms with Crippen molar-refractivity contribution in [1.29, 1.82) is 0 Å². The van der Waals surface area contributed by atoms with E-state index in [2.05, 4.69) is 17.6 Å². The summed E-state index contributed by atoms with van der Waals surface area (Å²) in [6, 6.07) is 0. The quantitative estimate of drug-likeness (QED) is 0.313. The number of ether oxygens (including phenoxy) is 1. The Balaban J connectivity index is 1.79. The monoisotopic (exact) mass is 396 g/mol. The number of aryl methyl sites for hydroxylation is 1. The Morgan fingerprint density at radius 1 is 1.12 bits per heavy atom. The van der Waals surface area contributed by atoms with Crippen LogP contribution in [0.3, 0.4) is 0 Å². The largest absolute Gasteiger partial charge is 0.465 e. The highest BCUT2D eigenvalue weighted by molar-refractivity contribution is 7.80. The second-order valence-corrected chi connectivity index (χ2v) is 8.42. The molecule has 0 aromatic carbocycles. The van der Waals surface area contributed by atoms with Gasteiger partial charge in [0.25, 0.3) is 0 Å². The number of methoxy groups -OCH3 is 1. The molecule has 0 aliphatic heterocycles. The maximum Gasteiger partial charge on any atom is 0.341 e. The Kier molecular flexibility index (Phi) is 9.40. The zero-order chi connectivity index (χ0) is 18.8. The molecule has 0 unspecified atom stereocenters. The summed E-state index contributed by atoms with van der Waals surface area (Å²) in [7, 11) is 1.44. The molecule has 1 aliphatic rings. The van der Waals surface area contributed by atoms with Gasteiger partial charge in [-0.25, -0.2) is 4.79 Å². The predicted octanol–water partition coefficient (Wildman–Crippen LogP) is 5.45. The van der Waals surface area contributed by atoms with Crippen LogP contribution in [0.5, 0.6) is 0 Å². The van der Waals surface area contributed by atoms with Gasteiger partial charge in [-0.05, 0) is 49.9 Å². The number of carbonyl (C=O) groups is 1. The zero-order valence-corrected chi connectivity index (χ0v) is 17.8. The molecule has 1 aliphatic carbocycles. The Labute approximate surface area is 167 Å². The number of fused-ring (bicyclic) bond motifs is 1. The van der Waals surface area contributed by atoms with E-state index in [0.29, 0.717) is 10.7 Å². The van der Waals surface area contributed by atoms with Crippen molar-refractivity contribution in [2.45, 2.75) is 77.6 Å². The van der Waals surface area contributed by atoms with Crippen molar-refractivity contribution in [3.05, 3.63) is 16.0 Å². The molecule has 0 bridgehead atoms. The summed E-state index contributed by atoms with van der Waals surface area (Å²) in [5.74, 6) is -0.262. The normalized spacial score (nSPS) is 13.2. The summed E-state index contributed by atoms with van der Waals surface area (Å²) in [5.41, 5.74) is 1.85. The number of thiocarbonyl (C=S) groups is 1. The Bertz CT molecular complexity index is 599. The van der Waals surface area contributed by atoms with Gasteiger partial charge in [-0.3, -0.25) is 0 Å². The lowest BCUT2D eigenvalue weighted by atomic mass is 9.95. The zero-order valence-electron chi connectivity index (χ0n) is 16.1. The van der Waals surface area contributed by atoms with E-state index in [1.54, 1.807) is 11.3 Å². The van der Waals surface area contributed by atoms with Gasteiger partial charge in [-0.2, -0.15) is 0 Å². The van der Waals surface area contributed by atoms with Crippen LogP contribution in [-0.4, -0.2) is 24.7 Å². The van der Waals surface area contributed by atoms with Crippen LogP contribution in [0.1, 0.15) is 85.5 Å². The second kappa shape index (κ2) is 11.5. The molecule has 1 aromatic heterocycles. The smallest absolute Gasteiger partial charge is 0.341 e. The molecule has 0 spiro atoms. The number of esters is 1. The van der Waals surface area contributed by atoms with Crippen molar-refractivity contribution in [2.24, 2.45) is 0 Å². The predicted molar refractivity (Wildman–Crippen MR) is 115 cm³/mol. The van der Waals surface area contributed by atoms with Gasteiger partial charge >= 0.3 is 5.97 Å². The highest BCUT2D eigenvalue weighted by Gasteiger charge is 2.26. The lowest BCUT2D eigenvalue weighted by Gasteiger charge is -2.12. The van der Waals surface area contributed by atoms with E-state index in [1.165, 1.54) is 56.9 Å². The summed E-state index contributed by atoms with van der Waals surface area (Å²) < 4.78 is 5.00. The molecule has 0 atom stereocenters. The van der Waals surface area contributed by atoms with Crippen molar-refractivity contribution in [2.75, 3.05) is 19.0 Å². The molecule has 1 heterocycles. The topological polar surface area (TPSA) is 50.4 Å². The van der Waals surface area contributed by atoms with E-state index in [4.69, 9.17) is 17.0 Å². The van der Waals surface area contributed by atoms with Crippen LogP contribution in [0.15, 0.2) is 0 Å². The molecule has 1 aromatic rings. The third-order valence-electron chi connectivity index (χ3n) is 4.85. The van der Waals surface area contributed by atoms with E-state index in [1.807, 2.05) is 0 Å². The van der Waals surface area contributed by atoms with Gasteiger partial charge < -0.3 is 15.4 Å². The standard InChI is InChI=1S/C20H32N2O2S2/c1-3-4-5-6-7-8-11-14-21-20(25)22-18-17(19(23)24-2)15-12-9-10-13-16(15)26-18/h3-14H2,1-2H3,(H2,21,22,25). The van der Waals surface area contributed by atoms with Crippen LogP contribution < -0.4 is 10.6 Å². The minimum atomic E-state index is -0.262. The van der Waals surface area contributed by atoms with Crippen molar-refractivity contribution in [3.63, 3.8) is 0 Å². The molecule has 0 amide bonds. The average molecular weight is 397 g/mol. The van der Waals surface area contributed by atoms with Crippen molar-refractivity contribution in [1.82, 2.24) is 5.32 Å². The maximum absolute atomic E-state index is 12.2. The summed E-state index contributed by atoms with van der Waals surface area (Å²) in [5, 5.41) is 7.94. The lowest BCUT2D eigenvalue weighted by molar-refractivity contribution is 0.0601. The van der Waals surface area contributed by atoms with Crippen LogP contribution in [0.25, 0.3) is 0 Å². The highest BCUT2D eigenvalue weighted by atomic mass is 32.1.